The van der Waals surface area contributed by atoms with E-state index >= 15 is 0 Å². The molecule has 1 aromatic rings. The molecule has 2 N–H and O–H groups in total. The van der Waals surface area contributed by atoms with E-state index in [9.17, 15) is 9.90 Å². The van der Waals surface area contributed by atoms with Crippen LogP contribution in [0.2, 0.25) is 0 Å². The fourth-order valence-corrected chi connectivity index (χ4v) is 0.933. The molecule has 0 aliphatic rings. The van der Waals surface area contributed by atoms with Gasteiger partial charge in [0.25, 0.3) is 5.56 Å². The fourth-order valence-electron chi connectivity index (χ4n) is 0.933. The maximum Gasteiger partial charge on any atom is 0.293 e. The first kappa shape index (κ1) is 10.7. The second-order valence-corrected chi connectivity index (χ2v) is 3.37. The zero-order valence-corrected chi connectivity index (χ0v) is 8.56. The molecule has 2 atom stereocenters. The van der Waals surface area contributed by atoms with Crippen LogP contribution in [0.25, 0.3) is 0 Å². The minimum Gasteiger partial charge on any atom is -0.391 e. The first-order chi connectivity index (χ1) is 6.52. The average molecular weight is 197 g/mol. The molecule has 1 rings (SSSR count). The third-order valence-corrected chi connectivity index (χ3v) is 2.10. The van der Waals surface area contributed by atoms with E-state index in [0.29, 0.717) is 0 Å². The molecule has 1 heterocycles. The van der Waals surface area contributed by atoms with Gasteiger partial charge in [-0.05, 0) is 13.8 Å². The summed E-state index contributed by atoms with van der Waals surface area (Å²) in [6.07, 6.45) is 2.60. The Hall–Kier alpha value is -1.36. The third kappa shape index (κ3) is 2.32. The number of aryl methyl sites for hydroxylation is 1. The van der Waals surface area contributed by atoms with Crippen molar-refractivity contribution >= 4 is 5.82 Å². The molecule has 0 spiro atoms. The summed E-state index contributed by atoms with van der Waals surface area (Å²) >= 11 is 0. The molecule has 0 aliphatic heterocycles. The molecule has 0 radical (unpaired) electrons. The number of hydrogen-bond donors (Lipinski definition) is 2. The molecular weight excluding hydrogens is 182 g/mol. The maximum atomic E-state index is 11.5. The highest BCUT2D eigenvalue weighted by Crippen LogP contribution is 1.99. The molecule has 0 saturated heterocycles. The lowest BCUT2D eigenvalue weighted by atomic mass is 10.2. The van der Waals surface area contributed by atoms with Crippen LogP contribution in [0.5, 0.6) is 0 Å². The Morgan fingerprint density at radius 3 is 2.79 bits per heavy atom. The number of nitrogens with zero attached hydrogens (tertiary/aromatic N) is 2. The lowest BCUT2D eigenvalue weighted by molar-refractivity contribution is 0.177. The highest BCUT2D eigenvalue weighted by atomic mass is 16.3. The van der Waals surface area contributed by atoms with E-state index < -0.39 is 6.10 Å². The van der Waals surface area contributed by atoms with Crippen molar-refractivity contribution in [2.24, 2.45) is 7.05 Å². The number of nitrogens with one attached hydrogen (secondary N) is 1. The summed E-state index contributed by atoms with van der Waals surface area (Å²) in [5.74, 6) is 0.267. The monoisotopic (exact) mass is 197 g/mol. The van der Waals surface area contributed by atoms with Gasteiger partial charge in [-0.25, -0.2) is 4.98 Å². The minimum absolute atomic E-state index is 0.194. The van der Waals surface area contributed by atoms with Crippen molar-refractivity contribution in [2.45, 2.75) is 26.0 Å². The van der Waals surface area contributed by atoms with Gasteiger partial charge in [0.05, 0.1) is 12.1 Å². The summed E-state index contributed by atoms with van der Waals surface area (Å²) in [7, 11) is 1.65. The lowest BCUT2D eigenvalue weighted by Crippen LogP contribution is -2.32. The molecular formula is C9H15N3O2. The maximum absolute atomic E-state index is 11.5. The van der Waals surface area contributed by atoms with Crippen molar-refractivity contribution in [1.82, 2.24) is 9.55 Å². The Kier molecular flexibility index (Phi) is 3.24. The molecule has 0 amide bonds. The fraction of sp³-hybridized carbons (Fsp3) is 0.556. The molecule has 0 fully saturated rings. The summed E-state index contributed by atoms with van der Waals surface area (Å²) in [6, 6.07) is -0.197. The molecule has 1 aromatic heterocycles. The van der Waals surface area contributed by atoms with Gasteiger partial charge in [-0.1, -0.05) is 0 Å². The van der Waals surface area contributed by atoms with E-state index in [2.05, 4.69) is 10.3 Å². The van der Waals surface area contributed by atoms with Gasteiger partial charge in [-0.3, -0.25) is 4.79 Å². The zero-order chi connectivity index (χ0) is 10.7. The van der Waals surface area contributed by atoms with E-state index in [1.165, 1.54) is 4.57 Å². The second kappa shape index (κ2) is 4.23. The molecule has 0 bridgehead atoms. The highest BCUT2D eigenvalue weighted by Gasteiger charge is 2.11. The van der Waals surface area contributed by atoms with Gasteiger partial charge in [0.15, 0.2) is 5.82 Å². The summed E-state index contributed by atoms with van der Waals surface area (Å²) in [5.41, 5.74) is -0.194. The van der Waals surface area contributed by atoms with E-state index in [4.69, 9.17) is 0 Å². The van der Waals surface area contributed by atoms with Gasteiger partial charge in [0.2, 0.25) is 0 Å². The molecule has 0 saturated carbocycles. The molecule has 5 nitrogen and oxygen atoms in total. The highest BCUT2D eigenvalue weighted by molar-refractivity contribution is 5.32. The Morgan fingerprint density at radius 2 is 2.21 bits per heavy atom. The summed E-state index contributed by atoms with van der Waals surface area (Å²) in [6.45, 7) is 3.45. The minimum atomic E-state index is -0.526. The van der Waals surface area contributed by atoms with Gasteiger partial charge >= 0.3 is 0 Å². The predicted molar refractivity (Wildman–Crippen MR) is 54.2 cm³/mol. The predicted octanol–water partition coefficient (Wildman–Crippen LogP) is -0.0385. The van der Waals surface area contributed by atoms with Crippen LogP contribution in [0.3, 0.4) is 0 Å². The van der Waals surface area contributed by atoms with Gasteiger partial charge in [-0.15, -0.1) is 0 Å². The van der Waals surface area contributed by atoms with Crippen LogP contribution < -0.4 is 10.9 Å². The van der Waals surface area contributed by atoms with Crippen molar-refractivity contribution < 1.29 is 5.11 Å². The van der Waals surface area contributed by atoms with Crippen LogP contribution in [0.4, 0.5) is 5.82 Å². The Labute approximate surface area is 82.4 Å². The van der Waals surface area contributed by atoms with Gasteiger partial charge < -0.3 is 15.0 Å². The van der Waals surface area contributed by atoms with E-state index in [-0.39, 0.29) is 17.4 Å². The van der Waals surface area contributed by atoms with Crippen molar-refractivity contribution in [2.75, 3.05) is 5.32 Å². The first-order valence-corrected chi connectivity index (χ1v) is 4.48. The second-order valence-electron chi connectivity index (χ2n) is 3.37. The molecule has 2 unspecified atom stereocenters. The SMILES string of the molecule is CC(O)C(C)Nc1nccn(C)c1=O. The quantitative estimate of drug-likeness (QED) is 0.713. The number of rotatable bonds is 3. The van der Waals surface area contributed by atoms with Gasteiger partial charge in [0, 0.05) is 19.4 Å². The molecule has 78 valence electrons. The Balaban J connectivity index is 2.87. The standard InChI is InChI=1S/C9H15N3O2/c1-6(7(2)13)11-8-9(14)12(3)5-4-10-8/h4-7,13H,1-3H3,(H,10,11). The normalized spacial score (nSPS) is 14.9. The average Bonchev–Trinajstić information content (AvgIpc) is 2.12. The van der Waals surface area contributed by atoms with Crippen LogP contribution in [-0.4, -0.2) is 26.8 Å². The van der Waals surface area contributed by atoms with Crippen LogP contribution in [-0.2, 0) is 7.05 Å². The van der Waals surface area contributed by atoms with Gasteiger partial charge in [-0.2, -0.15) is 0 Å². The van der Waals surface area contributed by atoms with Gasteiger partial charge in [0.1, 0.15) is 0 Å². The topological polar surface area (TPSA) is 67.2 Å². The summed E-state index contributed by atoms with van der Waals surface area (Å²) in [5, 5.41) is 12.1. The van der Waals surface area contributed by atoms with Crippen LogP contribution >= 0.6 is 0 Å². The van der Waals surface area contributed by atoms with Crippen LogP contribution in [0, 0.1) is 0 Å². The Morgan fingerprint density at radius 1 is 1.57 bits per heavy atom. The largest absolute Gasteiger partial charge is 0.391 e. The van der Waals surface area contributed by atoms with Crippen LogP contribution in [0.1, 0.15) is 13.8 Å². The van der Waals surface area contributed by atoms with Crippen molar-refractivity contribution in [3.63, 3.8) is 0 Å². The number of aromatic nitrogens is 2. The number of hydrogen-bond acceptors (Lipinski definition) is 4. The number of aliphatic hydroxyl groups excluding tert-OH is 1. The lowest BCUT2D eigenvalue weighted by Gasteiger charge is -2.16. The number of aliphatic hydroxyl groups is 1. The van der Waals surface area contributed by atoms with E-state index in [0.717, 1.165) is 0 Å². The molecule has 0 aliphatic carbocycles. The third-order valence-electron chi connectivity index (χ3n) is 2.10. The molecule has 0 aromatic carbocycles. The first-order valence-electron chi connectivity index (χ1n) is 4.48. The summed E-state index contributed by atoms with van der Waals surface area (Å²) < 4.78 is 1.43. The number of anilines is 1. The molecule has 5 heteroatoms. The molecule has 14 heavy (non-hydrogen) atoms. The van der Waals surface area contributed by atoms with E-state index in [1.807, 2.05) is 0 Å². The van der Waals surface area contributed by atoms with Crippen molar-refractivity contribution in [3.05, 3.63) is 22.7 Å². The Bertz CT molecular complexity index is 359. The van der Waals surface area contributed by atoms with Crippen molar-refractivity contribution in [3.8, 4) is 0 Å². The van der Waals surface area contributed by atoms with Crippen LogP contribution in [0.15, 0.2) is 17.2 Å². The zero-order valence-electron chi connectivity index (χ0n) is 8.56. The summed E-state index contributed by atoms with van der Waals surface area (Å²) in [4.78, 5) is 15.4. The van der Waals surface area contributed by atoms with Crippen molar-refractivity contribution in [1.29, 1.82) is 0 Å². The smallest absolute Gasteiger partial charge is 0.293 e. The van der Waals surface area contributed by atoms with E-state index in [1.54, 1.807) is 33.3 Å².